The molecule has 1 atom stereocenters. The summed E-state index contributed by atoms with van der Waals surface area (Å²) in [6.07, 6.45) is 2.34. The van der Waals surface area contributed by atoms with E-state index in [1.807, 2.05) is 0 Å². The molecule has 1 fully saturated rings. The average Bonchev–Trinajstić information content (AvgIpc) is 2.53. The van der Waals surface area contributed by atoms with E-state index >= 15 is 0 Å². The number of hydrogen-bond acceptors (Lipinski definition) is 4. The van der Waals surface area contributed by atoms with Crippen LogP contribution in [0.5, 0.6) is 0 Å². The van der Waals surface area contributed by atoms with Crippen LogP contribution in [0.25, 0.3) is 0 Å². The zero-order valence-electron chi connectivity index (χ0n) is 9.31. The first-order valence-corrected chi connectivity index (χ1v) is 7.43. The van der Waals surface area contributed by atoms with Gasteiger partial charge in [0.15, 0.2) is 9.84 Å². The first-order chi connectivity index (χ1) is 7.53. The number of aliphatic hydroxyl groups excluding tert-OH is 1. The first-order valence-electron chi connectivity index (χ1n) is 5.61. The largest absolute Gasteiger partial charge is 0.396 e. The van der Waals surface area contributed by atoms with Gasteiger partial charge in [-0.1, -0.05) is 0 Å². The molecular formula is C10H19NO4S. The monoisotopic (exact) mass is 249 g/mol. The standard InChI is InChI=1S/C10H19NO4S/c12-5-2-1-4-11-10(13)7-9-3-6-16(14,15)8-9/h9,12H,1-8H2,(H,11,13). The van der Waals surface area contributed by atoms with Crippen molar-refractivity contribution >= 4 is 15.7 Å². The molecule has 2 N–H and O–H groups in total. The highest BCUT2D eigenvalue weighted by atomic mass is 32.2. The maximum absolute atomic E-state index is 11.4. The molecule has 1 unspecified atom stereocenters. The lowest BCUT2D eigenvalue weighted by Gasteiger charge is -2.08. The predicted octanol–water partition coefficient (Wildman–Crippen LogP) is -0.300. The molecule has 0 saturated carbocycles. The van der Waals surface area contributed by atoms with Gasteiger partial charge < -0.3 is 10.4 Å². The zero-order valence-corrected chi connectivity index (χ0v) is 10.1. The van der Waals surface area contributed by atoms with Crippen LogP contribution in [-0.2, 0) is 14.6 Å². The van der Waals surface area contributed by atoms with E-state index in [1.54, 1.807) is 0 Å². The molecule has 1 rings (SSSR count). The van der Waals surface area contributed by atoms with Crippen LogP contribution in [0.1, 0.15) is 25.7 Å². The van der Waals surface area contributed by atoms with Crippen LogP contribution in [0.15, 0.2) is 0 Å². The Hall–Kier alpha value is -0.620. The van der Waals surface area contributed by atoms with Gasteiger partial charge in [0.25, 0.3) is 0 Å². The lowest BCUT2D eigenvalue weighted by molar-refractivity contribution is -0.121. The van der Waals surface area contributed by atoms with Gasteiger partial charge in [0.2, 0.25) is 5.91 Å². The molecule has 0 aliphatic carbocycles. The zero-order chi connectivity index (χ0) is 12.0. The minimum atomic E-state index is -2.88. The summed E-state index contributed by atoms with van der Waals surface area (Å²) in [5.74, 6) is 0.273. The molecule has 6 heteroatoms. The van der Waals surface area contributed by atoms with Gasteiger partial charge in [-0.3, -0.25) is 4.79 Å². The molecule has 0 aromatic rings. The summed E-state index contributed by atoms with van der Waals surface area (Å²) in [6, 6.07) is 0. The molecule has 0 bridgehead atoms. The molecule has 5 nitrogen and oxygen atoms in total. The maximum atomic E-state index is 11.4. The van der Waals surface area contributed by atoms with E-state index in [0.29, 0.717) is 25.8 Å². The fourth-order valence-corrected chi connectivity index (χ4v) is 3.69. The van der Waals surface area contributed by atoms with Crippen LogP contribution in [0.4, 0.5) is 0 Å². The van der Waals surface area contributed by atoms with Gasteiger partial charge in [0.1, 0.15) is 0 Å². The predicted molar refractivity (Wildman–Crippen MR) is 60.7 cm³/mol. The third-order valence-corrected chi connectivity index (χ3v) is 4.54. The second-order valence-corrected chi connectivity index (χ2v) is 6.48. The molecule has 1 aliphatic heterocycles. The van der Waals surface area contributed by atoms with Crippen molar-refractivity contribution in [1.29, 1.82) is 0 Å². The molecule has 1 aliphatic rings. The van der Waals surface area contributed by atoms with Crippen LogP contribution < -0.4 is 5.32 Å². The van der Waals surface area contributed by atoms with Crippen LogP contribution in [0.2, 0.25) is 0 Å². The highest BCUT2D eigenvalue weighted by Crippen LogP contribution is 2.21. The minimum absolute atomic E-state index is 0.0113. The van der Waals surface area contributed by atoms with Crippen LogP contribution in [0, 0.1) is 5.92 Å². The Bertz CT molecular complexity index is 326. The van der Waals surface area contributed by atoms with Crippen molar-refractivity contribution in [1.82, 2.24) is 5.32 Å². The second kappa shape index (κ2) is 6.20. The van der Waals surface area contributed by atoms with Crippen molar-refractivity contribution in [2.75, 3.05) is 24.7 Å². The van der Waals surface area contributed by atoms with Gasteiger partial charge in [-0.05, 0) is 25.2 Å². The summed E-state index contributed by atoms with van der Waals surface area (Å²) in [6.45, 7) is 0.690. The Morgan fingerprint density at radius 3 is 2.69 bits per heavy atom. The number of amides is 1. The number of aliphatic hydroxyl groups is 1. The number of nitrogens with one attached hydrogen (secondary N) is 1. The normalized spacial score (nSPS) is 23.2. The second-order valence-electron chi connectivity index (χ2n) is 4.25. The number of sulfone groups is 1. The molecular weight excluding hydrogens is 230 g/mol. The van der Waals surface area contributed by atoms with E-state index in [4.69, 9.17) is 5.11 Å². The summed E-state index contributed by atoms with van der Waals surface area (Å²) < 4.78 is 22.3. The molecule has 0 aromatic carbocycles. The summed E-state index contributed by atoms with van der Waals surface area (Å²) in [4.78, 5) is 11.4. The van der Waals surface area contributed by atoms with Gasteiger partial charge >= 0.3 is 0 Å². The number of carbonyl (C=O) groups excluding carboxylic acids is 1. The van der Waals surface area contributed by atoms with Crippen LogP contribution in [-0.4, -0.2) is 44.1 Å². The summed E-state index contributed by atoms with van der Waals surface area (Å²) in [5, 5.41) is 11.3. The number of hydrogen-bond donors (Lipinski definition) is 2. The average molecular weight is 249 g/mol. The van der Waals surface area contributed by atoms with Crippen molar-refractivity contribution in [3.63, 3.8) is 0 Å². The van der Waals surface area contributed by atoms with Crippen molar-refractivity contribution in [2.24, 2.45) is 5.92 Å². The van der Waals surface area contributed by atoms with E-state index in [1.165, 1.54) is 0 Å². The van der Waals surface area contributed by atoms with Crippen molar-refractivity contribution in [3.05, 3.63) is 0 Å². The third kappa shape index (κ3) is 4.94. The Morgan fingerprint density at radius 2 is 2.12 bits per heavy atom. The van der Waals surface area contributed by atoms with Crippen molar-refractivity contribution in [3.8, 4) is 0 Å². The maximum Gasteiger partial charge on any atom is 0.220 e. The Labute approximate surface area is 96.1 Å². The summed E-state index contributed by atoms with van der Waals surface area (Å²) in [7, 11) is -2.88. The highest BCUT2D eigenvalue weighted by molar-refractivity contribution is 7.91. The van der Waals surface area contributed by atoms with Crippen LogP contribution in [0.3, 0.4) is 0 Å². The highest BCUT2D eigenvalue weighted by Gasteiger charge is 2.29. The van der Waals surface area contributed by atoms with E-state index in [9.17, 15) is 13.2 Å². The van der Waals surface area contributed by atoms with E-state index in [2.05, 4.69) is 5.32 Å². The van der Waals surface area contributed by atoms with Crippen molar-refractivity contribution in [2.45, 2.75) is 25.7 Å². The van der Waals surface area contributed by atoms with E-state index in [0.717, 1.165) is 6.42 Å². The van der Waals surface area contributed by atoms with Gasteiger partial charge in [-0.25, -0.2) is 8.42 Å². The number of carbonyl (C=O) groups is 1. The molecule has 1 saturated heterocycles. The van der Waals surface area contributed by atoms with Crippen LogP contribution >= 0.6 is 0 Å². The molecule has 0 aromatic heterocycles. The molecule has 0 radical (unpaired) electrons. The lowest BCUT2D eigenvalue weighted by atomic mass is 10.1. The van der Waals surface area contributed by atoms with E-state index in [-0.39, 0.29) is 29.9 Å². The number of unbranched alkanes of at least 4 members (excludes halogenated alkanes) is 1. The smallest absolute Gasteiger partial charge is 0.220 e. The van der Waals surface area contributed by atoms with Crippen molar-refractivity contribution < 1.29 is 18.3 Å². The van der Waals surface area contributed by atoms with Gasteiger partial charge in [0.05, 0.1) is 11.5 Å². The first kappa shape index (κ1) is 13.4. The fraction of sp³-hybridized carbons (Fsp3) is 0.900. The SMILES string of the molecule is O=C(CC1CCS(=O)(=O)C1)NCCCCO. The fourth-order valence-electron chi connectivity index (χ4n) is 1.83. The van der Waals surface area contributed by atoms with Gasteiger partial charge in [0, 0.05) is 19.6 Å². The van der Waals surface area contributed by atoms with E-state index < -0.39 is 9.84 Å². The van der Waals surface area contributed by atoms with Gasteiger partial charge in [-0.2, -0.15) is 0 Å². The molecule has 0 spiro atoms. The summed E-state index contributed by atoms with van der Waals surface area (Å²) in [5.41, 5.74) is 0. The number of rotatable bonds is 6. The van der Waals surface area contributed by atoms with Gasteiger partial charge in [-0.15, -0.1) is 0 Å². The third-order valence-electron chi connectivity index (χ3n) is 2.71. The summed E-state index contributed by atoms with van der Waals surface area (Å²) >= 11 is 0. The lowest BCUT2D eigenvalue weighted by Crippen LogP contribution is -2.27. The Balaban J connectivity index is 2.15. The quantitative estimate of drug-likeness (QED) is 0.633. The Morgan fingerprint density at radius 1 is 1.38 bits per heavy atom. The minimum Gasteiger partial charge on any atom is -0.396 e. The molecule has 1 amide bonds. The molecule has 94 valence electrons. The topological polar surface area (TPSA) is 83.5 Å². The molecule has 1 heterocycles. The molecule has 16 heavy (non-hydrogen) atoms. The Kier molecular flexibility index (Phi) is 5.21.